The van der Waals surface area contributed by atoms with E-state index in [9.17, 15) is 5.11 Å². The normalized spacial score (nSPS) is 13.2. The molecule has 1 heterocycles. The largest absolute Gasteiger partial charge is 0.396 e. The second-order valence-corrected chi connectivity index (χ2v) is 6.32. The summed E-state index contributed by atoms with van der Waals surface area (Å²) >= 11 is 9.58. The Bertz CT molecular complexity index is 685. The van der Waals surface area contributed by atoms with Gasteiger partial charge in [-0.3, -0.25) is 0 Å². The molecule has 1 aromatic heterocycles. The molecular formula is C16H15BrClN3O. The number of nitriles is 1. The average Bonchev–Trinajstić information content (AvgIpc) is 2.54. The summed E-state index contributed by atoms with van der Waals surface area (Å²) in [5.41, 5.74) is 1.43. The average molecular weight is 381 g/mol. The summed E-state index contributed by atoms with van der Waals surface area (Å²) in [6, 6.07) is 11.3. The summed E-state index contributed by atoms with van der Waals surface area (Å²) in [5.74, 6) is 0.462. The van der Waals surface area contributed by atoms with Gasteiger partial charge in [0.25, 0.3) is 0 Å². The Morgan fingerprint density at radius 1 is 1.41 bits per heavy atom. The standard InChI is InChI=1S/C16H15BrClN3O/c1-10(9-22)15(12-2-4-13(17)5-3-12)21-16-14(18)6-11(7-19)8-20-16/h2-6,8,10,15,22H,9H2,1H3,(H,20,21)/t10-,15+/m1/s1. The zero-order chi connectivity index (χ0) is 16.1. The minimum absolute atomic E-state index is 0.0294. The number of hydrogen-bond acceptors (Lipinski definition) is 4. The first-order chi connectivity index (χ1) is 10.5. The van der Waals surface area contributed by atoms with Crippen LogP contribution < -0.4 is 5.32 Å². The molecule has 4 nitrogen and oxygen atoms in total. The highest BCUT2D eigenvalue weighted by Crippen LogP contribution is 2.30. The van der Waals surface area contributed by atoms with Gasteiger partial charge in [-0.2, -0.15) is 5.26 Å². The van der Waals surface area contributed by atoms with E-state index in [1.54, 1.807) is 6.07 Å². The van der Waals surface area contributed by atoms with Crippen LogP contribution in [-0.4, -0.2) is 16.7 Å². The van der Waals surface area contributed by atoms with Gasteiger partial charge in [-0.05, 0) is 23.8 Å². The van der Waals surface area contributed by atoms with Crippen molar-refractivity contribution in [1.82, 2.24) is 4.98 Å². The number of aliphatic hydroxyl groups excluding tert-OH is 1. The highest BCUT2D eigenvalue weighted by molar-refractivity contribution is 9.10. The van der Waals surface area contributed by atoms with Crippen molar-refractivity contribution in [3.63, 3.8) is 0 Å². The number of rotatable bonds is 5. The van der Waals surface area contributed by atoms with Crippen LogP contribution in [0.15, 0.2) is 41.0 Å². The third kappa shape index (κ3) is 3.98. The van der Waals surface area contributed by atoms with Crippen LogP contribution in [0.25, 0.3) is 0 Å². The molecule has 0 bridgehead atoms. The molecule has 2 N–H and O–H groups in total. The minimum Gasteiger partial charge on any atom is -0.396 e. The molecule has 0 amide bonds. The molecule has 114 valence electrons. The van der Waals surface area contributed by atoms with Gasteiger partial charge in [0, 0.05) is 23.2 Å². The van der Waals surface area contributed by atoms with Gasteiger partial charge >= 0.3 is 0 Å². The van der Waals surface area contributed by atoms with Gasteiger partial charge in [-0.1, -0.05) is 46.6 Å². The van der Waals surface area contributed by atoms with E-state index in [0.717, 1.165) is 10.0 Å². The van der Waals surface area contributed by atoms with Crippen LogP contribution in [0.1, 0.15) is 24.1 Å². The molecule has 0 aliphatic rings. The number of anilines is 1. The van der Waals surface area contributed by atoms with E-state index in [0.29, 0.717) is 16.4 Å². The van der Waals surface area contributed by atoms with Crippen molar-refractivity contribution in [3.8, 4) is 6.07 Å². The number of hydrogen-bond donors (Lipinski definition) is 2. The smallest absolute Gasteiger partial charge is 0.145 e. The fourth-order valence-corrected chi connectivity index (χ4v) is 2.57. The number of nitrogens with zero attached hydrogens (tertiary/aromatic N) is 2. The summed E-state index contributed by atoms with van der Waals surface area (Å²) in [7, 11) is 0. The molecule has 22 heavy (non-hydrogen) atoms. The van der Waals surface area contributed by atoms with Crippen molar-refractivity contribution in [2.75, 3.05) is 11.9 Å². The van der Waals surface area contributed by atoms with Crippen LogP contribution in [0.5, 0.6) is 0 Å². The first kappa shape index (κ1) is 16.8. The minimum atomic E-state index is -0.143. The van der Waals surface area contributed by atoms with Gasteiger partial charge < -0.3 is 10.4 Å². The zero-order valence-electron chi connectivity index (χ0n) is 11.9. The van der Waals surface area contributed by atoms with Gasteiger partial charge in [0.15, 0.2) is 0 Å². The molecule has 1 aromatic carbocycles. The predicted octanol–water partition coefficient (Wildman–Crippen LogP) is 4.15. The number of aliphatic hydroxyl groups is 1. The number of pyridine rings is 1. The highest BCUT2D eigenvalue weighted by atomic mass is 79.9. The fraction of sp³-hybridized carbons (Fsp3) is 0.250. The Labute approximate surface area is 142 Å². The monoisotopic (exact) mass is 379 g/mol. The summed E-state index contributed by atoms with van der Waals surface area (Å²) in [4.78, 5) is 4.19. The van der Waals surface area contributed by atoms with E-state index in [4.69, 9.17) is 16.9 Å². The lowest BCUT2D eigenvalue weighted by molar-refractivity contribution is 0.222. The number of aromatic nitrogens is 1. The van der Waals surface area contributed by atoms with E-state index in [2.05, 4.69) is 26.2 Å². The Balaban J connectivity index is 2.31. The van der Waals surface area contributed by atoms with Crippen molar-refractivity contribution in [1.29, 1.82) is 5.26 Å². The van der Waals surface area contributed by atoms with Gasteiger partial charge in [-0.25, -0.2) is 4.98 Å². The molecule has 0 saturated heterocycles. The van der Waals surface area contributed by atoms with E-state index in [1.165, 1.54) is 6.20 Å². The SMILES string of the molecule is C[C@H](CO)[C@H](Nc1ncc(C#N)cc1Cl)c1ccc(Br)cc1. The maximum Gasteiger partial charge on any atom is 0.145 e. The third-order valence-corrected chi connectivity index (χ3v) is 4.17. The number of nitrogens with one attached hydrogen (secondary N) is 1. The van der Waals surface area contributed by atoms with Crippen molar-refractivity contribution in [2.45, 2.75) is 13.0 Å². The van der Waals surface area contributed by atoms with Crippen molar-refractivity contribution < 1.29 is 5.11 Å². The van der Waals surface area contributed by atoms with E-state index in [-0.39, 0.29) is 18.6 Å². The van der Waals surface area contributed by atoms with Crippen LogP contribution in [0.4, 0.5) is 5.82 Å². The van der Waals surface area contributed by atoms with Gasteiger partial charge in [0.05, 0.1) is 16.6 Å². The lowest BCUT2D eigenvalue weighted by Crippen LogP contribution is -2.22. The fourth-order valence-electron chi connectivity index (χ4n) is 2.08. The van der Waals surface area contributed by atoms with E-state index in [1.807, 2.05) is 37.3 Å². The number of benzene rings is 1. The molecule has 0 aliphatic heterocycles. The maximum absolute atomic E-state index is 9.50. The van der Waals surface area contributed by atoms with E-state index >= 15 is 0 Å². The third-order valence-electron chi connectivity index (χ3n) is 3.35. The van der Waals surface area contributed by atoms with E-state index < -0.39 is 0 Å². The first-order valence-corrected chi connectivity index (χ1v) is 7.90. The Morgan fingerprint density at radius 3 is 2.64 bits per heavy atom. The molecule has 0 aliphatic carbocycles. The maximum atomic E-state index is 9.50. The lowest BCUT2D eigenvalue weighted by Gasteiger charge is -2.25. The van der Waals surface area contributed by atoms with Crippen LogP contribution in [0.2, 0.25) is 5.02 Å². The second-order valence-electron chi connectivity index (χ2n) is 5.00. The zero-order valence-corrected chi connectivity index (χ0v) is 14.3. The van der Waals surface area contributed by atoms with Crippen LogP contribution in [-0.2, 0) is 0 Å². The molecule has 0 fully saturated rings. The molecular weight excluding hydrogens is 366 g/mol. The summed E-state index contributed by atoms with van der Waals surface area (Å²) in [6.07, 6.45) is 1.47. The second kappa shape index (κ2) is 7.59. The van der Waals surface area contributed by atoms with Crippen LogP contribution in [0.3, 0.4) is 0 Å². The summed E-state index contributed by atoms with van der Waals surface area (Å²) in [5, 5.41) is 22.0. The quantitative estimate of drug-likeness (QED) is 0.817. The Morgan fingerprint density at radius 2 is 2.09 bits per heavy atom. The first-order valence-electron chi connectivity index (χ1n) is 6.73. The van der Waals surface area contributed by atoms with Crippen LogP contribution >= 0.6 is 27.5 Å². The Kier molecular flexibility index (Phi) is 5.78. The number of halogens is 2. The predicted molar refractivity (Wildman–Crippen MR) is 90.7 cm³/mol. The van der Waals surface area contributed by atoms with Crippen molar-refractivity contribution >= 4 is 33.3 Å². The molecule has 2 aromatic rings. The van der Waals surface area contributed by atoms with Gasteiger partial charge in [0.1, 0.15) is 11.9 Å². The van der Waals surface area contributed by atoms with Crippen LogP contribution in [0, 0.1) is 17.2 Å². The molecule has 0 radical (unpaired) electrons. The molecule has 2 rings (SSSR count). The molecule has 0 unspecified atom stereocenters. The van der Waals surface area contributed by atoms with Gasteiger partial charge in [0.2, 0.25) is 0 Å². The lowest BCUT2D eigenvalue weighted by atomic mass is 9.95. The van der Waals surface area contributed by atoms with Gasteiger partial charge in [-0.15, -0.1) is 0 Å². The van der Waals surface area contributed by atoms with Crippen molar-refractivity contribution in [2.24, 2.45) is 5.92 Å². The molecule has 2 atom stereocenters. The highest BCUT2D eigenvalue weighted by Gasteiger charge is 2.20. The topological polar surface area (TPSA) is 68.9 Å². The Hall–Kier alpha value is -1.61. The summed E-state index contributed by atoms with van der Waals surface area (Å²) in [6.45, 7) is 1.97. The molecule has 0 saturated carbocycles. The van der Waals surface area contributed by atoms with Crippen molar-refractivity contribution in [3.05, 3.63) is 57.2 Å². The summed E-state index contributed by atoms with van der Waals surface area (Å²) < 4.78 is 0.987. The molecule has 0 spiro atoms. The molecule has 6 heteroatoms.